The zero-order chi connectivity index (χ0) is 85.2. The molecule has 3 saturated heterocycles. The average Bonchev–Trinajstić information content (AvgIpc) is 1.67. The van der Waals surface area contributed by atoms with Crippen molar-refractivity contribution >= 4 is 98.5 Å². The first kappa shape index (κ1) is 92.3. The van der Waals surface area contributed by atoms with E-state index < -0.39 is 161 Å². The number of thioether (sulfide) groups is 3. The molecule has 7 N–H and O–H groups in total. The number of halogens is 3. The van der Waals surface area contributed by atoms with Crippen molar-refractivity contribution in [2.45, 2.75) is 189 Å². The predicted molar refractivity (Wildman–Crippen MR) is 427 cm³/mol. The monoisotopic (exact) mass is 1720 g/mol. The smallest absolute Gasteiger partial charge is 0.459 e. The summed E-state index contributed by atoms with van der Waals surface area (Å²) in [6.45, 7) is 20.1. The normalized spacial score (nSPS) is 22.7. The lowest BCUT2D eigenvalue weighted by atomic mass is 10.0. The van der Waals surface area contributed by atoms with Gasteiger partial charge in [0.2, 0.25) is 0 Å². The number of ether oxygens (including phenoxy) is 5. The van der Waals surface area contributed by atoms with Gasteiger partial charge in [0.15, 0.2) is 12.0 Å². The number of rotatable bonds is 26. The fraction of sp³-hybridized carbons (Fsp3) is 0.473. The Morgan fingerprint density at radius 1 is 0.560 bits per heavy atom. The molecule has 116 heavy (non-hydrogen) atoms. The van der Waals surface area contributed by atoms with Crippen LogP contribution in [0.1, 0.15) is 117 Å². The van der Waals surface area contributed by atoms with Gasteiger partial charge in [0.25, 0.3) is 0 Å². The van der Waals surface area contributed by atoms with E-state index in [1.165, 1.54) is 87.6 Å². The van der Waals surface area contributed by atoms with Crippen LogP contribution in [0.15, 0.2) is 161 Å². The summed E-state index contributed by atoms with van der Waals surface area (Å²) in [4.78, 5) is 120. The maximum atomic E-state index is 15.6. The molecule has 0 radical (unpaired) electrons. The minimum atomic E-state index is -4.29. The molecule has 2 unspecified atom stereocenters. The van der Waals surface area contributed by atoms with Gasteiger partial charge in [-0.2, -0.15) is 30.0 Å². The van der Waals surface area contributed by atoms with Crippen LogP contribution in [0.25, 0.3) is 0 Å². The van der Waals surface area contributed by atoms with Gasteiger partial charge < -0.3 is 48.7 Å². The Balaban J connectivity index is 0.000000222. The third-order valence-corrected chi connectivity index (χ3v) is 24.7. The number of alkyl halides is 3. The third kappa shape index (κ3) is 26.9. The summed E-state index contributed by atoms with van der Waals surface area (Å²) < 4.78 is 125. The van der Waals surface area contributed by atoms with Gasteiger partial charge >= 0.3 is 62.8 Å². The van der Waals surface area contributed by atoms with Crippen molar-refractivity contribution in [3.8, 4) is 11.5 Å². The van der Waals surface area contributed by atoms with E-state index in [9.17, 15) is 66.5 Å². The molecule has 3 aliphatic rings. The number of benzene rings is 2. The highest BCUT2D eigenvalue weighted by Gasteiger charge is 2.49. The fourth-order valence-electron chi connectivity index (χ4n) is 10.8. The van der Waals surface area contributed by atoms with Crippen molar-refractivity contribution in [3.63, 3.8) is 0 Å². The lowest BCUT2D eigenvalue weighted by molar-refractivity contribution is -0.147. The standard InChI is InChI=1S/C30H37FN5O8PS.C24H27FN5O7PS.C20H30FN3O6S/c1-19-23(46-26(25(19)31)36-15-13-24(33-28(36)38)34-29(39)43-30(3,4)5)18-42-45(40,44-22-12-9-14-32-16-22)35-20(2)27(37)41-17-21-10-7-6-8-11-21;1-15(23(32)35-13-16-6-3-2-4-7-16)29-38(34,37-17-8-5-10-27-12-17)36-14-18-21(31)20(25)22(39-18)30-11-9-19(26)28-24(30)33;1-11-12(10-25)31-15(14(11)21)23-9-8-13(22-16(23)26)24(17(27)29-19(2,3)4)18(28)30-20(5,6)7/h6-16,19-20,23,25-26H,17-18H2,1-5H3,(H,35,40)(H,33,34,38,39);2-12,15,18,20-22,31H,13-14H2,1H3,(H,29,34)(H2,26,28,33);8-9,11-12,14-15,25H,10H2,1-7H3/t19-,20+,23-,25+,26-,45?;15-,18+,20-,21+,22+,38?;11-,12-,14+,15-/m101/s1. The average molecular weight is 1720 g/mol. The van der Waals surface area contributed by atoms with Gasteiger partial charge in [0, 0.05) is 53.3 Å². The number of carbonyl (C=O) groups is 5. The Morgan fingerprint density at radius 3 is 1.40 bits per heavy atom. The summed E-state index contributed by atoms with van der Waals surface area (Å²) in [5.74, 6) is -2.65. The number of imide groups is 1. The SMILES string of the molecule is C[C@H](NP(=O)(OC[C@H]1S[C@@H](n2ccc(N)nc2=O)[C@@H](F)[C@@H]1O)Oc1cccnc1)C(=O)OCc1ccccc1.C[C@H]1[C@H](F)[C@H](n2ccc(N(C(=O)OC(C)(C)C)C(=O)OC(C)(C)C)nc2=O)S[C@@H]1CO.C[C@H]1[C@H](F)[C@H](n2ccc(NC(=O)OC(C)(C)C)nc2=O)S[C@@H]1COP(=O)(N[C@@H](C)C(=O)OCc1ccccc1)Oc1cccnc1. The second kappa shape index (κ2) is 40.8. The van der Waals surface area contributed by atoms with E-state index in [0.717, 1.165) is 60.1 Å². The number of nitrogen functional groups attached to an aromatic ring is 1. The number of nitrogens with two attached hydrogens (primary N) is 1. The molecule has 10 rings (SSSR count). The minimum absolute atomic E-state index is 0.00383. The fourth-order valence-corrected chi connectivity index (χ4v) is 18.5. The molecule has 3 aliphatic heterocycles. The molecule has 16 atom stereocenters. The van der Waals surface area contributed by atoms with Crippen molar-refractivity contribution in [1.29, 1.82) is 0 Å². The molecule has 0 spiro atoms. The van der Waals surface area contributed by atoms with Gasteiger partial charge in [0.1, 0.15) is 99.8 Å². The van der Waals surface area contributed by atoms with Crippen LogP contribution < -0.4 is 52.2 Å². The zero-order valence-electron chi connectivity index (χ0n) is 65.5. The molecular weight excluding hydrogens is 1620 g/mol. The van der Waals surface area contributed by atoms with E-state index in [1.54, 1.807) is 125 Å². The second-order valence-electron chi connectivity index (χ2n) is 29.4. The topological polar surface area (TPSA) is 439 Å². The van der Waals surface area contributed by atoms with Crippen LogP contribution in [0, 0.1) is 11.8 Å². The Morgan fingerprint density at radius 2 is 0.974 bits per heavy atom. The van der Waals surface area contributed by atoms with Gasteiger partial charge in [-0.05, 0) is 130 Å². The molecule has 8 heterocycles. The quantitative estimate of drug-likeness (QED) is 0.0167. The number of aliphatic hydroxyl groups is 2. The van der Waals surface area contributed by atoms with Crippen LogP contribution in [-0.4, -0.2) is 168 Å². The molecule has 7 aromatic rings. The number of hydrogen-bond donors (Lipinski definition) is 6. The summed E-state index contributed by atoms with van der Waals surface area (Å²) >= 11 is 3.14. The number of nitrogens with one attached hydrogen (secondary N) is 3. The first-order valence-corrected chi connectivity index (χ1v) is 42.1. The summed E-state index contributed by atoms with van der Waals surface area (Å²) in [5, 5.41) is 22.6. The summed E-state index contributed by atoms with van der Waals surface area (Å²) in [6, 6.07) is 25.9. The Kier molecular flexibility index (Phi) is 32.4. The van der Waals surface area contributed by atoms with Crippen molar-refractivity contribution in [2.75, 3.05) is 35.8 Å². The number of esters is 2. The van der Waals surface area contributed by atoms with Gasteiger partial charge in [-0.25, -0.2) is 51.1 Å². The Bertz CT molecular complexity index is 4730. The maximum Gasteiger partial charge on any atom is 0.459 e. The van der Waals surface area contributed by atoms with Gasteiger partial charge in [-0.15, -0.1) is 35.3 Å². The molecule has 630 valence electrons. The number of amides is 3. The molecule has 2 aromatic carbocycles. The number of hydrogen-bond acceptors (Lipinski definition) is 30. The highest BCUT2D eigenvalue weighted by Crippen LogP contribution is 2.52. The van der Waals surface area contributed by atoms with Crippen LogP contribution in [0.5, 0.6) is 11.5 Å². The van der Waals surface area contributed by atoms with Crippen LogP contribution in [-0.2, 0) is 64.7 Å². The summed E-state index contributed by atoms with van der Waals surface area (Å²) in [5.41, 5.74) is 2.06. The number of pyridine rings is 2. The summed E-state index contributed by atoms with van der Waals surface area (Å²) in [7, 11) is -8.53. The van der Waals surface area contributed by atoms with Crippen LogP contribution in [0.2, 0.25) is 0 Å². The predicted octanol–water partition coefficient (Wildman–Crippen LogP) is 11.5. The van der Waals surface area contributed by atoms with Crippen molar-refractivity contribution < 1.29 is 98.3 Å². The number of anilines is 3. The lowest BCUT2D eigenvalue weighted by Gasteiger charge is -2.28. The minimum Gasteiger partial charge on any atom is -0.460 e. The molecule has 34 nitrogen and oxygen atoms in total. The van der Waals surface area contributed by atoms with E-state index in [1.807, 2.05) is 24.3 Å². The number of nitrogens with zero attached hydrogens (tertiary/aromatic N) is 9. The van der Waals surface area contributed by atoms with Crippen molar-refractivity contribution in [3.05, 3.63) is 189 Å². The highest BCUT2D eigenvalue weighted by atomic mass is 32.2. The molecule has 5 aromatic heterocycles. The number of aliphatic hydroxyl groups excluding tert-OH is 2. The Hall–Kier alpha value is -9.21. The van der Waals surface area contributed by atoms with Gasteiger partial charge in [0.05, 0.1) is 37.5 Å². The van der Waals surface area contributed by atoms with Crippen LogP contribution in [0.4, 0.5) is 45.0 Å². The molecule has 42 heteroatoms. The number of carbonyl (C=O) groups excluding carboxylic acids is 5. The second-order valence-corrected chi connectivity index (χ2v) is 36.9. The summed E-state index contributed by atoms with van der Waals surface area (Å²) in [6.07, 6.45) is 0.307. The number of aromatic nitrogens is 8. The van der Waals surface area contributed by atoms with Gasteiger partial charge in [-0.1, -0.05) is 74.5 Å². The maximum absolute atomic E-state index is 15.6. The molecule has 0 saturated carbocycles. The van der Waals surface area contributed by atoms with E-state index in [4.69, 9.17) is 47.5 Å². The molecule has 0 bridgehead atoms. The van der Waals surface area contributed by atoms with Crippen LogP contribution in [0.3, 0.4) is 0 Å². The Labute approximate surface area is 678 Å². The van der Waals surface area contributed by atoms with Crippen molar-refractivity contribution in [2.24, 2.45) is 11.8 Å². The van der Waals surface area contributed by atoms with E-state index in [2.05, 4.69) is 40.4 Å². The first-order valence-electron chi connectivity index (χ1n) is 36.1. The van der Waals surface area contributed by atoms with E-state index in [-0.39, 0.29) is 60.6 Å². The zero-order valence-corrected chi connectivity index (χ0v) is 69.7. The molecule has 3 fully saturated rings. The molecule has 3 amide bonds. The molecule has 0 aliphatic carbocycles. The van der Waals surface area contributed by atoms with Crippen LogP contribution >= 0.6 is 50.8 Å². The van der Waals surface area contributed by atoms with E-state index in [0.29, 0.717) is 4.90 Å². The molecular formula is C74H94F3N13O21P2S3. The first-order chi connectivity index (χ1) is 54.5. The largest absolute Gasteiger partial charge is 0.460 e. The van der Waals surface area contributed by atoms with Gasteiger partial charge in [-0.3, -0.25) is 47.6 Å². The lowest BCUT2D eigenvalue weighted by Crippen LogP contribution is -2.45. The van der Waals surface area contributed by atoms with Crippen molar-refractivity contribution in [1.82, 2.24) is 48.8 Å². The van der Waals surface area contributed by atoms with E-state index >= 15 is 4.39 Å². The highest BCUT2D eigenvalue weighted by molar-refractivity contribution is 8.00. The third-order valence-electron chi connectivity index (χ3n) is 16.5.